The number of ether oxygens (including phenoxy) is 1. The van der Waals surface area contributed by atoms with Gasteiger partial charge in [-0.05, 0) is 56.9 Å². The van der Waals surface area contributed by atoms with E-state index in [0.717, 1.165) is 18.8 Å². The molecule has 0 unspecified atom stereocenters. The fraction of sp³-hybridized carbons (Fsp3) is 0.591. The first-order valence-corrected chi connectivity index (χ1v) is 10.9. The lowest BCUT2D eigenvalue weighted by Gasteiger charge is -2.31. The summed E-state index contributed by atoms with van der Waals surface area (Å²) in [7, 11) is 0. The van der Waals surface area contributed by atoms with E-state index in [1.165, 1.54) is 18.5 Å². The Morgan fingerprint density at radius 3 is 2.19 bits per heavy atom. The van der Waals surface area contributed by atoms with Crippen LogP contribution in [0, 0.1) is 0 Å². The number of hydrogen-bond donors (Lipinski definition) is 2. The van der Waals surface area contributed by atoms with E-state index in [-0.39, 0.29) is 49.2 Å². The molecule has 2 aliphatic rings. The first kappa shape index (κ1) is 24.8. The van der Waals surface area contributed by atoms with Crippen LogP contribution in [0.5, 0.6) is 0 Å². The van der Waals surface area contributed by atoms with Gasteiger partial charge in [0.2, 0.25) is 11.8 Å². The quantitative estimate of drug-likeness (QED) is 0.663. The second-order valence-electron chi connectivity index (χ2n) is 7.82. The molecule has 172 valence electrons. The molecule has 2 fully saturated rings. The van der Waals surface area contributed by atoms with Crippen LogP contribution in [0.3, 0.4) is 0 Å². The van der Waals surface area contributed by atoms with Crippen molar-refractivity contribution in [2.75, 3.05) is 43.0 Å². The number of carbonyl (C=O) groups excluding carboxylic acids is 3. The summed E-state index contributed by atoms with van der Waals surface area (Å²) in [4.78, 5) is 40.1. The Kier molecular flexibility index (Phi) is 9.91. The molecule has 1 aromatic carbocycles. The molecule has 0 aromatic heterocycles. The van der Waals surface area contributed by atoms with Crippen molar-refractivity contribution in [1.82, 2.24) is 10.2 Å². The molecular weight excluding hydrogens is 420 g/mol. The Bertz CT molecular complexity index is 730. The average molecular weight is 453 g/mol. The normalized spacial score (nSPS) is 16.4. The second-order valence-corrected chi connectivity index (χ2v) is 7.82. The number of hydrogen-bond acceptors (Lipinski definition) is 5. The highest BCUT2D eigenvalue weighted by molar-refractivity contribution is 5.93. The number of anilines is 2. The Morgan fingerprint density at radius 2 is 1.58 bits per heavy atom. The van der Waals surface area contributed by atoms with Crippen molar-refractivity contribution in [3.8, 4) is 0 Å². The third-order valence-corrected chi connectivity index (χ3v) is 5.59. The number of nitrogens with one attached hydrogen (secondary N) is 2. The highest BCUT2D eigenvalue weighted by Crippen LogP contribution is 2.22. The largest absolute Gasteiger partial charge is 0.450 e. The third-order valence-electron chi connectivity index (χ3n) is 5.59. The number of likely N-dealkylation sites (tertiary alicyclic amines) is 1. The van der Waals surface area contributed by atoms with Gasteiger partial charge in [-0.3, -0.25) is 9.59 Å². The summed E-state index contributed by atoms with van der Waals surface area (Å²) in [5.74, 6) is -0.305. The summed E-state index contributed by atoms with van der Waals surface area (Å²) in [6, 6.07) is 7.89. The van der Waals surface area contributed by atoms with Gasteiger partial charge in [0.05, 0.1) is 6.61 Å². The highest BCUT2D eigenvalue weighted by Gasteiger charge is 2.24. The maximum absolute atomic E-state index is 12.2. The Hall–Kier alpha value is -2.48. The third kappa shape index (κ3) is 7.61. The van der Waals surface area contributed by atoms with E-state index in [1.807, 2.05) is 24.3 Å². The summed E-state index contributed by atoms with van der Waals surface area (Å²) >= 11 is 0. The lowest BCUT2D eigenvalue weighted by atomic mass is 10.1. The molecule has 8 nitrogen and oxygen atoms in total. The van der Waals surface area contributed by atoms with Gasteiger partial charge in [-0.1, -0.05) is 0 Å². The van der Waals surface area contributed by atoms with E-state index in [0.29, 0.717) is 32.5 Å². The zero-order valence-electron chi connectivity index (χ0n) is 18.1. The predicted octanol–water partition coefficient (Wildman–Crippen LogP) is 3.16. The Labute approximate surface area is 190 Å². The molecule has 2 saturated heterocycles. The van der Waals surface area contributed by atoms with Crippen LogP contribution in [0.25, 0.3) is 0 Å². The van der Waals surface area contributed by atoms with E-state index < -0.39 is 0 Å². The number of piperidine rings is 1. The number of halogens is 1. The van der Waals surface area contributed by atoms with Crippen LogP contribution >= 0.6 is 12.4 Å². The van der Waals surface area contributed by atoms with Crippen molar-refractivity contribution in [2.45, 2.75) is 51.5 Å². The van der Waals surface area contributed by atoms with E-state index in [2.05, 4.69) is 15.5 Å². The maximum Gasteiger partial charge on any atom is 0.409 e. The van der Waals surface area contributed by atoms with E-state index in [4.69, 9.17) is 4.74 Å². The van der Waals surface area contributed by atoms with Crippen LogP contribution in [0.2, 0.25) is 0 Å². The van der Waals surface area contributed by atoms with Crippen LogP contribution in [0.15, 0.2) is 24.3 Å². The van der Waals surface area contributed by atoms with Gasteiger partial charge in [0.1, 0.15) is 0 Å². The summed E-state index contributed by atoms with van der Waals surface area (Å²) in [6.45, 7) is 5.45. The molecule has 0 radical (unpaired) electrons. The number of rotatable bonds is 7. The van der Waals surface area contributed by atoms with Crippen LogP contribution in [-0.2, 0) is 14.3 Å². The molecule has 31 heavy (non-hydrogen) atoms. The van der Waals surface area contributed by atoms with Crippen molar-refractivity contribution in [3.63, 3.8) is 0 Å². The summed E-state index contributed by atoms with van der Waals surface area (Å²) in [5.41, 5.74) is 1.92. The summed E-state index contributed by atoms with van der Waals surface area (Å²) in [6.07, 6.45) is 3.83. The van der Waals surface area contributed by atoms with Gasteiger partial charge in [0.15, 0.2) is 0 Å². The molecule has 0 atom stereocenters. The molecule has 2 aliphatic heterocycles. The molecule has 3 amide bonds. The summed E-state index contributed by atoms with van der Waals surface area (Å²) < 4.78 is 5.00. The van der Waals surface area contributed by atoms with E-state index >= 15 is 0 Å². The maximum atomic E-state index is 12.2. The topological polar surface area (TPSA) is 91.0 Å². The summed E-state index contributed by atoms with van der Waals surface area (Å²) in [5, 5.41) is 5.82. The second kappa shape index (κ2) is 12.4. The average Bonchev–Trinajstić information content (AvgIpc) is 3.28. The van der Waals surface area contributed by atoms with Crippen LogP contribution in [-0.4, -0.2) is 61.6 Å². The Balaban J connectivity index is 0.00000341. The fourth-order valence-corrected chi connectivity index (χ4v) is 3.90. The zero-order valence-corrected chi connectivity index (χ0v) is 18.9. The number of nitrogens with zero attached hydrogens (tertiary/aromatic N) is 2. The molecule has 0 spiro atoms. The monoisotopic (exact) mass is 452 g/mol. The van der Waals surface area contributed by atoms with Crippen LogP contribution < -0.4 is 15.5 Å². The van der Waals surface area contributed by atoms with Gasteiger partial charge >= 0.3 is 6.09 Å². The molecule has 0 saturated carbocycles. The first-order chi connectivity index (χ1) is 14.5. The van der Waals surface area contributed by atoms with Gasteiger partial charge in [0.25, 0.3) is 0 Å². The van der Waals surface area contributed by atoms with Crippen molar-refractivity contribution in [1.29, 1.82) is 0 Å². The molecule has 3 rings (SSSR count). The van der Waals surface area contributed by atoms with Gasteiger partial charge in [0, 0.05) is 56.4 Å². The minimum Gasteiger partial charge on any atom is -0.450 e. The van der Waals surface area contributed by atoms with E-state index in [9.17, 15) is 14.4 Å². The molecule has 1 aromatic rings. The van der Waals surface area contributed by atoms with Crippen LogP contribution in [0.4, 0.5) is 16.2 Å². The van der Waals surface area contributed by atoms with Gasteiger partial charge in [-0.25, -0.2) is 4.79 Å². The smallest absolute Gasteiger partial charge is 0.409 e. The minimum atomic E-state index is -0.299. The van der Waals surface area contributed by atoms with Crippen molar-refractivity contribution < 1.29 is 19.1 Å². The predicted molar refractivity (Wildman–Crippen MR) is 123 cm³/mol. The molecular formula is C22H33ClN4O4. The Morgan fingerprint density at radius 1 is 0.968 bits per heavy atom. The fourth-order valence-electron chi connectivity index (χ4n) is 3.90. The minimum absolute atomic E-state index is 0. The lowest BCUT2D eigenvalue weighted by molar-refractivity contribution is -0.125. The van der Waals surface area contributed by atoms with Crippen molar-refractivity contribution >= 4 is 41.7 Å². The van der Waals surface area contributed by atoms with Gasteiger partial charge < -0.3 is 25.2 Å². The first-order valence-electron chi connectivity index (χ1n) is 10.9. The van der Waals surface area contributed by atoms with Crippen molar-refractivity contribution in [2.24, 2.45) is 0 Å². The standard InChI is InChI=1S/C22H32N4O4.ClH/c1-2-30-22(29)26-15-11-18(12-16-26)24-21(28)10-9-20(27)23-17-5-7-19(8-6-17)25-13-3-4-14-25;/h5-8,18H,2-4,9-16H2,1H3,(H,23,27)(H,24,28);1H. The van der Waals surface area contributed by atoms with Gasteiger partial charge in [-0.15, -0.1) is 12.4 Å². The zero-order chi connectivity index (χ0) is 21.3. The lowest BCUT2D eigenvalue weighted by Crippen LogP contribution is -2.46. The number of benzene rings is 1. The molecule has 0 aliphatic carbocycles. The number of carbonyl (C=O) groups is 3. The van der Waals surface area contributed by atoms with Gasteiger partial charge in [-0.2, -0.15) is 0 Å². The molecule has 2 N–H and O–H groups in total. The molecule has 0 bridgehead atoms. The van der Waals surface area contributed by atoms with Crippen LogP contribution in [0.1, 0.15) is 45.4 Å². The molecule has 9 heteroatoms. The number of amides is 3. The SMILES string of the molecule is CCOC(=O)N1CCC(NC(=O)CCC(=O)Nc2ccc(N3CCCC3)cc2)CC1.Cl. The molecule has 2 heterocycles. The van der Waals surface area contributed by atoms with Crippen molar-refractivity contribution in [3.05, 3.63) is 24.3 Å². The highest BCUT2D eigenvalue weighted by atomic mass is 35.5. The van der Waals surface area contributed by atoms with E-state index in [1.54, 1.807) is 11.8 Å².